The van der Waals surface area contributed by atoms with Crippen LogP contribution in [0.1, 0.15) is 11.7 Å². The first-order valence-electron chi connectivity index (χ1n) is 10.5. The molecule has 1 aliphatic heterocycles. The third kappa shape index (κ3) is 5.65. The van der Waals surface area contributed by atoms with Crippen molar-refractivity contribution in [2.45, 2.75) is 30.5 Å². The van der Waals surface area contributed by atoms with Gasteiger partial charge in [-0.25, -0.2) is 0 Å². The van der Waals surface area contributed by atoms with Gasteiger partial charge in [0.2, 0.25) is 5.43 Å². The van der Waals surface area contributed by atoms with Crippen LogP contribution in [0.5, 0.6) is 11.5 Å². The lowest BCUT2D eigenvalue weighted by molar-refractivity contribution is -0.231. The van der Waals surface area contributed by atoms with Crippen LogP contribution in [0.4, 0.5) is 0 Å². The second-order valence-electron chi connectivity index (χ2n) is 8.13. The van der Waals surface area contributed by atoms with Crippen LogP contribution in [0.2, 0.25) is 0 Å². The summed E-state index contributed by atoms with van der Waals surface area (Å²) in [5, 5.41) is 40.2. The first-order valence-corrected chi connectivity index (χ1v) is 13.3. The van der Waals surface area contributed by atoms with Crippen molar-refractivity contribution in [3.8, 4) is 22.6 Å². The van der Waals surface area contributed by atoms with Crippen molar-refractivity contribution in [2.24, 2.45) is 0 Å². The van der Waals surface area contributed by atoms with Crippen LogP contribution < -0.4 is 13.8 Å². The third-order valence-corrected chi connectivity index (χ3v) is 6.47. The summed E-state index contributed by atoms with van der Waals surface area (Å²) >= 11 is 0. The number of rotatable bonds is 7. The Morgan fingerprint density at radius 2 is 1.47 bits per heavy atom. The highest BCUT2D eigenvalue weighted by molar-refractivity contribution is 7.81. The molecule has 1 aliphatic rings. The van der Waals surface area contributed by atoms with Crippen molar-refractivity contribution < 1.29 is 63.9 Å². The summed E-state index contributed by atoms with van der Waals surface area (Å²) in [6, 6.07) is 6.91. The van der Waals surface area contributed by atoms with Crippen molar-refractivity contribution in [2.75, 3.05) is 6.61 Å². The molecule has 3 aromatic rings. The normalized spacial score (nSPS) is 24.3. The highest BCUT2D eigenvalue weighted by Gasteiger charge is 2.46. The van der Waals surface area contributed by atoms with Gasteiger partial charge in [-0.05, 0) is 29.8 Å². The van der Waals surface area contributed by atoms with E-state index in [2.05, 4.69) is 8.37 Å². The van der Waals surface area contributed by atoms with Crippen molar-refractivity contribution in [1.82, 2.24) is 0 Å². The number of benzene rings is 2. The average molecular weight is 577 g/mol. The van der Waals surface area contributed by atoms with E-state index in [1.807, 2.05) is 0 Å². The molecule has 2 heterocycles. The molecule has 2 aromatic carbocycles. The smallest absolute Gasteiger partial charge is 0.446 e. The van der Waals surface area contributed by atoms with Crippen LogP contribution in [-0.4, -0.2) is 77.4 Å². The van der Waals surface area contributed by atoms with Gasteiger partial charge in [-0.3, -0.25) is 13.9 Å². The molecule has 1 fully saturated rings. The second-order valence-corrected chi connectivity index (χ2v) is 10.2. The lowest BCUT2D eigenvalue weighted by Gasteiger charge is -2.40. The maximum absolute atomic E-state index is 13.3. The van der Waals surface area contributed by atoms with Crippen molar-refractivity contribution >= 4 is 31.8 Å². The van der Waals surface area contributed by atoms with Crippen LogP contribution in [0, 0.1) is 0 Å². The topological polar surface area (TPSA) is 248 Å². The van der Waals surface area contributed by atoms with E-state index >= 15 is 0 Å². The van der Waals surface area contributed by atoms with Gasteiger partial charge >= 0.3 is 20.8 Å². The summed E-state index contributed by atoms with van der Waals surface area (Å²) in [6.07, 6.45) is -7.73. The lowest BCUT2D eigenvalue weighted by Crippen LogP contribution is -2.55. The Bertz CT molecular complexity index is 1610. The fourth-order valence-corrected chi connectivity index (χ4v) is 4.74. The van der Waals surface area contributed by atoms with Gasteiger partial charge in [0.15, 0.2) is 5.75 Å². The summed E-state index contributed by atoms with van der Waals surface area (Å²) < 4.78 is 82.6. The standard InChI is InChI=1S/C21H20O15S2/c22-7-14-17(24)18(25)19(26)21(34-14)15-13(36-38(30,31)32)6-5-11-16(23)12(8-33-20(11)15)9-1-3-10(4-2-9)35-37(27,28)29/h1-6,8,14,17-19,21-22,24-26H,7H2,(H,27,28,29)(H,30,31,32)/t14-,17-,18+,19-,21+/m1/s1. The predicted molar refractivity (Wildman–Crippen MR) is 125 cm³/mol. The van der Waals surface area contributed by atoms with Gasteiger partial charge in [-0.1, -0.05) is 12.1 Å². The fraction of sp³-hybridized carbons (Fsp3) is 0.286. The Kier molecular flexibility index (Phi) is 7.49. The molecule has 5 atom stereocenters. The summed E-state index contributed by atoms with van der Waals surface area (Å²) in [5.74, 6) is -0.898. The van der Waals surface area contributed by atoms with Crippen LogP contribution in [0.3, 0.4) is 0 Å². The molecule has 38 heavy (non-hydrogen) atoms. The van der Waals surface area contributed by atoms with Crippen LogP contribution in [0.25, 0.3) is 22.1 Å². The molecule has 0 unspecified atom stereocenters. The molecule has 17 heteroatoms. The van der Waals surface area contributed by atoms with Crippen molar-refractivity contribution in [1.29, 1.82) is 0 Å². The molecule has 0 spiro atoms. The van der Waals surface area contributed by atoms with Gasteiger partial charge < -0.3 is 37.9 Å². The molecule has 0 radical (unpaired) electrons. The minimum Gasteiger partial charge on any atom is -0.463 e. The Morgan fingerprint density at radius 1 is 0.842 bits per heavy atom. The first kappa shape index (κ1) is 27.9. The van der Waals surface area contributed by atoms with Gasteiger partial charge in [0.05, 0.1) is 23.1 Å². The molecule has 15 nitrogen and oxygen atoms in total. The van der Waals surface area contributed by atoms with Gasteiger partial charge in [-0.2, -0.15) is 16.8 Å². The van der Waals surface area contributed by atoms with E-state index in [0.29, 0.717) is 0 Å². The summed E-state index contributed by atoms with van der Waals surface area (Å²) in [4.78, 5) is 13.3. The van der Waals surface area contributed by atoms with Crippen molar-refractivity contribution in [3.05, 3.63) is 58.4 Å². The Balaban J connectivity index is 1.88. The van der Waals surface area contributed by atoms with E-state index < -0.39 is 74.7 Å². The predicted octanol–water partition coefficient (Wildman–Crippen LogP) is -0.662. The summed E-state index contributed by atoms with van der Waals surface area (Å²) in [7, 11) is -9.91. The van der Waals surface area contributed by atoms with Gasteiger partial charge in [0.25, 0.3) is 0 Å². The molecule has 1 aromatic heterocycles. The molecule has 4 rings (SSSR count). The number of aliphatic hydroxyl groups excluding tert-OH is 4. The largest absolute Gasteiger partial charge is 0.463 e. The Morgan fingerprint density at radius 3 is 2.05 bits per heavy atom. The van der Waals surface area contributed by atoms with E-state index in [4.69, 9.17) is 13.7 Å². The monoisotopic (exact) mass is 576 g/mol. The quantitative estimate of drug-likeness (QED) is 0.191. The fourth-order valence-electron chi connectivity index (χ4n) is 4.01. The SMILES string of the molecule is O=c1c(-c2ccc(OS(=O)(=O)O)cc2)coc2c([C@@H]3O[C@H](CO)[C@@H](O)[C@H](O)[C@H]3O)c(OS(=O)(=O)O)ccc12. The lowest BCUT2D eigenvalue weighted by atomic mass is 9.89. The first-order chi connectivity index (χ1) is 17.7. The maximum Gasteiger partial charge on any atom is 0.446 e. The molecular formula is C21H20O15S2. The van der Waals surface area contributed by atoms with E-state index in [1.165, 1.54) is 12.1 Å². The molecule has 0 saturated carbocycles. The minimum absolute atomic E-state index is 0.0564. The van der Waals surface area contributed by atoms with Crippen LogP contribution >= 0.6 is 0 Å². The number of ether oxygens (including phenoxy) is 1. The van der Waals surface area contributed by atoms with Gasteiger partial charge in [0, 0.05) is 0 Å². The molecule has 0 aliphatic carbocycles. The second kappa shape index (κ2) is 10.2. The minimum atomic E-state index is -5.14. The van der Waals surface area contributed by atoms with Crippen LogP contribution in [-0.2, 0) is 25.5 Å². The molecule has 0 amide bonds. The summed E-state index contributed by atoms with van der Waals surface area (Å²) in [5.41, 5.74) is -1.35. The zero-order chi connectivity index (χ0) is 28.0. The molecule has 1 saturated heterocycles. The molecule has 6 N–H and O–H groups in total. The molecule has 206 valence electrons. The molecule has 0 bridgehead atoms. The highest BCUT2D eigenvalue weighted by Crippen LogP contribution is 2.41. The Hall–Kier alpha value is -3.13. The summed E-state index contributed by atoms with van der Waals surface area (Å²) in [6.45, 7) is -0.813. The zero-order valence-electron chi connectivity index (χ0n) is 18.8. The average Bonchev–Trinajstić information content (AvgIpc) is 2.82. The number of hydrogen-bond donors (Lipinski definition) is 6. The van der Waals surface area contributed by atoms with E-state index in [9.17, 15) is 46.6 Å². The Labute approximate surface area is 214 Å². The molecular weight excluding hydrogens is 556 g/mol. The maximum atomic E-state index is 13.3. The van der Waals surface area contributed by atoms with Gasteiger partial charge in [0.1, 0.15) is 48.1 Å². The van der Waals surface area contributed by atoms with Crippen LogP contribution in [0.15, 0.2) is 51.9 Å². The van der Waals surface area contributed by atoms with E-state index in [0.717, 1.165) is 30.5 Å². The van der Waals surface area contributed by atoms with E-state index in [1.54, 1.807) is 0 Å². The number of fused-ring (bicyclic) bond motifs is 1. The highest BCUT2D eigenvalue weighted by atomic mass is 32.3. The number of hydrogen-bond acceptors (Lipinski definition) is 13. The number of aliphatic hydroxyl groups is 4. The third-order valence-electron chi connectivity index (χ3n) is 5.68. The van der Waals surface area contributed by atoms with Gasteiger partial charge in [-0.15, -0.1) is 0 Å². The van der Waals surface area contributed by atoms with Crippen molar-refractivity contribution in [3.63, 3.8) is 0 Å². The zero-order valence-corrected chi connectivity index (χ0v) is 20.4. The van der Waals surface area contributed by atoms with E-state index in [-0.39, 0.29) is 27.8 Å².